The number of carbonyl (C=O) groups excluding carboxylic acids is 1. The van der Waals surface area contributed by atoms with Gasteiger partial charge in [0.15, 0.2) is 11.2 Å². The van der Waals surface area contributed by atoms with Crippen LogP contribution in [0.15, 0.2) is 56.1 Å². The van der Waals surface area contributed by atoms with Crippen LogP contribution in [0.1, 0.15) is 16.1 Å². The molecule has 0 bridgehead atoms. The SMILES string of the molecule is O=C(Nc1cc(C(F)(F)F)ccc1Cl)c1cc(=O)c2cc(Br)ccc2o1. The van der Waals surface area contributed by atoms with Crippen LogP contribution in [0.5, 0.6) is 0 Å². The molecule has 0 radical (unpaired) electrons. The first-order valence-corrected chi connectivity index (χ1v) is 8.24. The molecule has 134 valence electrons. The van der Waals surface area contributed by atoms with Gasteiger partial charge in [-0.05, 0) is 36.4 Å². The number of hydrogen-bond acceptors (Lipinski definition) is 3. The van der Waals surface area contributed by atoms with Crippen LogP contribution in [-0.4, -0.2) is 5.91 Å². The zero-order valence-electron chi connectivity index (χ0n) is 12.7. The molecule has 0 aliphatic heterocycles. The van der Waals surface area contributed by atoms with Crippen LogP contribution in [0.25, 0.3) is 11.0 Å². The highest BCUT2D eigenvalue weighted by Gasteiger charge is 2.31. The molecule has 0 unspecified atom stereocenters. The van der Waals surface area contributed by atoms with Crippen molar-refractivity contribution in [2.75, 3.05) is 5.32 Å². The Kier molecular flexibility index (Phi) is 4.81. The Morgan fingerprint density at radius 3 is 2.54 bits per heavy atom. The molecule has 26 heavy (non-hydrogen) atoms. The van der Waals surface area contributed by atoms with Crippen molar-refractivity contribution < 1.29 is 22.4 Å². The highest BCUT2D eigenvalue weighted by atomic mass is 79.9. The fraction of sp³-hybridized carbons (Fsp3) is 0.0588. The molecule has 1 amide bonds. The Morgan fingerprint density at radius 2 is 1.85 bits per heavy atom. The highest BCUT2D eigenvalue weighted by molar-refractivity contribution is 9.10. The number of fused-ring (bicyclic) bond motifs is 1. The summed E-state index contributed by atoms with van der Waals surface area (Å²) in [5.74, 6) is -1.24. The number of alkyl halides is 3. The maximum absolute atomic E-state index is 12.8. The molecule has 0 aliphatic carbocycles. The van der Waals surface area contributed by atoms with Crippen LogP contribution in [0.4, 0.5) is 18.9 Å². The molecule has 4 nitrogen and oxygen atoms in total. The number of anilines is 1. The van der Waals surface area contributed by atoms with E-state index in [1.165, 1.54) is 12.1 Å². The monoisotopic (exact) mass is 445 g/mol. The quantitative estimate of drug-likeness (QED) is 0.567. The van der Waals surface area contributed by atoms with Crippen LogP contribution in [0, 0.1) is 0 Å². The average molecular weight is 447 g/mol. The maximum Gasteiger partial charge on any atom is 0.416 e. The first kappa shape index (κ1) is 18.5. The summed E-state index contributed by atoms with van der Waals surface area (Å²) in [6.07, 6.45) is -4.59. The van der Waals surface area contributed by atoms with E-state index in [1.54, 1.807) is 6.07 Å². The topological polar surface area (TPSA) is 59.3 Å². The van der Waals surface area contributed by atoms with Crippen LogP contribution in [-0.2, 0) is 6.18 Å². The second-order valence-electron chi connectivity index (χ2n) is 5.26. The third kappa shape index (κ3) is 3.76. The standard InChI is InChI=1S/C17H8BrClF3NO3/c18-9-2-4-14-10(6-9)13(24)7-15(26-14)16(25)23-12-5-8(17(20,21)22)1-3-11(12)19/h1-7H,(H,23,25). The van der Waals surface area contributed by atoms with E-state index >= 15 is 0 Å². The smallest absolute Gasteiger partial charge is 0.416 e. The molecule has 1 N–H and O–H groups in total. The van der Waals surface area contributed by atoms with E-state index in [4.69, 9.17) is 16.0 Å². The first-order valence-electron chi connectivity index (χ1n) is 7.06. The summed E-state index contributed by atoms with van der Waals surface area (Å²) in [6.45, 7) is 0. The molecule has 2 aromatic carbocycles. The number of amides is 1. The lowest BCUT2D eigenvalue weighted by Crippen LogP contribution is -2.16. The van der Waals surface area contributed by atoms with Gasteiger partial charge >= 0.3 is 6.18 Å². The van der Waals surface area contributed by atoms with Gasteiger partial charge in [0.25, 0.3) is 5.91 Å². The van der Waals surface area contributed by atoms with Gasteiger partial charge in [-0.25, -0.2) is 0 Å². The summed E-state index contributed by atoms with van der Waals surface area (Å²) >= 11 is 9.06. The van der Waals surface area contributed by atoms with Crippen molar-refractivity contribution in [3.63, 3.8) is 0 Å². The van der Waals surface area contributed by atoms with E-state index in [0.717, 1.165) is 18.2 Å². The molecule has 0 saturated heterocycles. The number of halogens is 5. The Morgan fingerprint density at radius 1 is 1.12 bits per heavy atom. The molecule has 3 rings (SSSR count). The van der Waals surface area contributed by atoms with Crippen LogP contribution in [0.2, 0.25) is 5.02 Å². The van der Waals surface area contributed by atoms with Gasteiger partial charge in [-0.3, -0.25) is 9.59 Å². The molecule has 1 heterocycles. The van der Waals surface area contributed by atoms with Crippen LogP contribution >= 0.6 is 27.5 Å². The molecule has 0 spiro atoms. The van der Waals surface area contributed by atoms with E-state index < -0.39 is 23.1 Å². The minimum absolute atomic E-state index is 0.0848. The van der Waals surface area contributed by atoms with Crippen molar-refractivity contribution in [2.45, 2.75) is 6.18 Å². The van der Waals surface area contributed by atoms with Crippen molar-refractivity contribution in [3.8, 4) is 0 Å². The van der Waals surface area contributed by atoms with E-state index in [0.29, 0.717) is 10.5 Å². The fourth-order valence-electron chi connectivity index (χ4n) is 2.22. The summed E-state index contributed by atoms with van der Waals surface area (Å²) in [7, 11) is 0. The Bertz CT molecular complexity index is 1080. The van der Waals surface area contributed by atoms with Gasteiger partial charge in [0.1, 0.15) is 5.58 Å². The van der Waals surface area contributed by atoms with E-state index in [1.807, 2.05) is 0 Å². The third-order valence-corrected chi connectivity index (χ3v) is 4.28. The summed E-state index contributed by atoms with van der Waals surface area (Å²) in [5, 5.41) is 2.40. The van der Waals surface area contributed by atoms with Crippen molar-refractivity contribution in [1.82, 2.24) is 0 Å². The molecule has 0 saturated carbocycles. The zero-order chi connectivity index (χ0) is 19.1. The van der Waals surface area contributed by atoms with E-state index in [9.17, 15) is 22.8 Å². The number of carbonyl (C=O) groups is 1. The van der Waals surface area contributed by atoms with E-state index in [-0.39, 0.29) is 27.4 Å². The second kappa shape index (κ2) is 6.77. The minimum atomic E-state index is -4.59. The van der Waals surface area contributed by atoms with Gasteiger partial charge in [0.2, 0.25) is 0 Å². The lowest BCUT2D eigenvalue weighted by Gasteiger charge is -2.11. The zero-order valence-corrected chi connectivity index (χ0v) is 15.0. The predicted octanol–water partition coefficient (Wildman–Crippen LogP) is 5.48. The van der Waals surface area contributed by atoms with Gasteiger partial charge in [0, 0.05) is 10.5 Å². The van der Waals surface area contributed by atoms with Gasteiger partial charge in [-0.1, -0.05) is 27.5 Å². The number of rotatable bonds is 2. The predicted molar refractivity (Wildman–Crippen MR) is 94.6 cm³/mol. The summed E-state index contributed by atoms with van der Waals surface area (Å²) < 4.78 is 44.4. The minimum Gasteiger partial charge on any atom is -0.451 e. The Balaban J connectivity index is 1.97. The molecular weight excluding hydrogens is 439 g/mol. The third-order valence-electron chi connectivity index (χ3n) is 3.45. The maximum atomic E-state index is 12.8. The van der Waals surface area contributed by atoms with Gasteiger partial charge in [-0.2, -0.15) is 13.2 Å². The van der Waals surface area contributed by atoms with Gasteiger partial charge in [0.05, 0.1) is 21.7 Å². The summed E-state index contributed by atoms with van der Waals surface area (Å²) in [6, 6.07) is 8.14. The lowest BCUT2D eigenvalue weighted by atomic mass is 10.2. The lowest BCUT2D eigenvalue weighted by molar-refractivity contribution is -0.137. The first-order chi connectivity index (χ1) is 12.1. The highest BCUT2D eigenvalue weighted by Crippen LogP contribution is 2.34. The molecule has 1 aromatic heterocycles. The van der Waals surface area contributed by atoms with Crippen molar-refractivity contribution in [3.05, 3.63) is 73.5 Å². The molecule has 0 fully saturated rings. The normalized spacial score (nSPS) is 11.6. The molecular formula is C17H8BrClF3NO3. The van der Waals surface area contributed by atoms with Crippen molar-refractivity contribution >= 4 is 50.1 Å². The summed E-state index contributed by atoms with van der Waals surface area (Å²) in [4.78, 5) is 24.4. The Labute approximate surface area is 157 Å². The largest absolute Gasteiger partial charge is 0.451 e. The van der Waals surface area contributed by atoms with Crippen molar-refractivity contribution in [1.29, 1.82) is 0 Å². The number of nitrogens with one attached hydrogen (secondary N) is 1. The molecule has 0 aliphatic rings. The fourth-order valence-corrected chi connectivity index (χ4v) is 2.75. The Hall–Kier alpha value is -2.32. The number of benzene rings is 2. The molecule has 3 aromatic rings. The van der Waals surface area contributed by atoms with Crippen molar-refractivity contribution in [2.24, 2.45) is 0 Å². The van der Waals surface area contributed by atoms with Crippen LogP contribution in [0.3, 0.4) is 0 Å². The molecule has 0 atom stereocenters. The van der Waals surface area contributed by atoms with E-state index in [2.05, 4.69) is 21.2 Å². The van der Waals surface area contributed by atoms with Crippen LogP contribution < -0.4 is 10.7 Å². The molecule has 9 heteroatoms. The number of hydrogen-bond donors (Lipinski definition) is 1. The second-order valence-corrected chi connectivity index (χ2v) is 6.58. The van der Waals surface area contributed by atoms with Gasteiger partial charge < -0.3 is 9.73 Å². The summed E-state index contributed by atoms with van der Waals surface area (Å²) in [5.41, 5.74) is -1.51. The van der Waals surface area contributed by atoms with Gasteiger partial charge in [-0.15, -0.1) is 0 Å². The average Bonchev–Trinajstić information content (AvgIpc) is 2.56.